The van der Waals surface area contributed by atoms with E-state index in [0.29, 0.717) is 0 Å². The number of rotatable bonds is 2. The van der Waals surface area contributed by atoms with Gasteiger partial charge in [0.15, 0.2) is 0 Å². The summed E-state index contributed by atoms with van der Waals surface area (Å²) in [5.74, 6) is -0.0625. The normalized spacial score (nSPS) is 12.6. The highest BCUT2D eigenvalue weighted by atomic mass is 16.5. The Labute approximate surface area is 51.4 Å². The Bertz CT molecular complexity index is 84.1. The van der Waals surface area contributed by atoms with E-state index < -0.39 is 0 Å². The van der Waals surface area contributed by atoms with Crippen LogP contribution in [0.4, 0.5) is 0 Å². The maximum absolute atomic E-state index is 10.5. The summed E-state index contributed by atoms with van der Waals surface area (Å²) < 4.78 is 4.46. The van der Waals surface area contributed by atoms with Crippen LogP contribution >= 0.6 is 0 Å². The highest BCUT2D eigenvalue weighted by Crippen LogP contribution is 2.04. The van der Waals surface area contributed by atoms with Crippen molar-refractivity contribution in [1.29, 1.82) is 0 Å². The topological polar surface area (TPSA) is 26.3 Å². The third-order valence-corrected chi connectivity index (χ3v) is 1.22. The maximum Gasteiger partial charge on any atom is 0.325 e. The molecule has 0 bridgehead atoms. The van der Waals surface area contributed by atoms with E-state index in [1.807, 2.05) is 14.8 Å². The van der Waals surface area contributed by atoms with Gasteiger partial charge < -0.3 is 4.65 Å². The average Bonchev–Trinajstić information content (AvgIpc) is 1.84. The largest absolute Gasteiger partial charge is 0.544 e. The molecule has 0 unspecified atom stereocenters. The molecular weight excluding hydrogens is 102 g/mol. The van der Waals surface area contributed by atoms with Gasteiger partial charge in [-0.1, -0.05) is 13.3 Å². The van der Waals surface area contributed by atoms with Gasteiger partial charge in [-0.05, 0) is 0 Å². The minimum atomic E-state index is -0.118. The lowest BCUT2D eigenvalue weighted by Crippen LogP contribution is -2.09. The molecule has 0 spiro atoms. The molecule has 0 saturated heterocycles. The van der Waals surface area contributed by atoms with Crippen LogP contribution in [0.2, 0.25) is 5.82 Å². The van der Waals surface area contributed by atoms with Gasteiger partial charge in [-0.2, -0.15) is 0 Å². The molecule has 0 amide bonds. The summed E-state index contributed by atoms with van der Waals surface area (Å²) in [6, 6.07) is 0. The van der Waals surface area contributed by atoms with E-state index in [-0.39, 0.29) is 11.8 Å². The first-order valence-corrected chi connectivity index (χ1v) is 2.80. The Morgan fingerprint density at radius 3 is 2.50 bits per heavy atom. The van der Waals surface area contributed by atoms with Crippen molar-refractivity contribution in [2.75, 3.05) is 0 Å². The van der Waals surface area contributed by atoms with Crippen LogP contribution < -0.4 is 0 Å². The molecule has 0 N–H and O–H groups in total. The van der Waals surface area contributed by atoms with Crippen LogP contribution in [-0.2, 0) is 9.45 Å². The van der Waals surface area contributed by atoms with Gasteiger partial charge in [0.1, 0.15) is 7.85 Å². The second-order valence-corrected chi connectivity index (χ2v) is 1.83. The zero-order valence-electron chi connectivity index (χ0n) is 5.60. The molecule has 4 heteroatoms. The monoisotopic (exact) mass is 112 g/mol. The molecular formula is C4H10B2O2. The highest BCUT2D eigenvalue weighted by molar-refractivity contribution is 6.24. The van der Waals surface area contributed by atoms with E-state index in [4.69, 9.17) is 0 Å². The predicted molar refractivity (Wildman–Crippen MR) is 37.2 cm³/mol. The molecule has 0 radical (unpaired) electrons. The molecule has 0 aliphatic rings. The van der Waals surface area contributed by atoms with E-state index in [9.17, 15) is 4.79 Å². The van der Waals surface area contributed by atoms with E-state index in [0.717, 1.165) is 6.42 Å². The molecule has 2 nitrogen and oxygen atoms in total. The van der Waals surface area contributed by atoms with Crippen molar-refractivity contribution < 1.29 is 9.45 Å². The molecule has 0 aromatic rings. The fourth-order valence-electron chi connectivity index (χ4n) is 0.368. The lowest BCUT2D eigenvalue weighted by molar-refractivity contribution is -0.133. The van der Waals surface area contributed by atoms with Gasteiger partial charge in [-0.15, -0.1) is 0 Å². The minimum Gasteiger partial charge on any atom is -0.544 e. The van der Waals surface area contributed by atoms with Crippen LogP contribution in [0, 0.1) is 0 Å². The zero-order chi connectivity index (χ0) is 6.57. The molecule has 44 valence electrons. The summed E-state index contributed by atoms with van der Waals surface area (Å²) >= 11 is 0. The Kier molecular flexibility index (Phi) is 3.40. The lowest BCUT2D eigenvalue weighted by Gasteiger charge is -2.03. The molecule has 8 heavy (non-hydrogen) atoms. The van der Waals surface area contributed by atoms with Crippen LogP contribution in [0.15, 0.2) is 0 Å². The summed E-state index contributed by atoms with van der Waals surface area (Å²) in [7, 11) is 3.26. The standard InChI is InChI=1S/C4H10B2O2/c1-2-3(5)4(7)8-6/h3H,2,5-6H2,1H3/t3-/m1/s1. The Hall–Kier alpha value is -0.400. The van der Waals surface area contributed by atoms with Gasteiger partial charge in [-0.25, -0.2) is 0 Å². The third kappa shape index (κ3) is 2.05. The number of carbonyl (C=O) groups excluding carboxylic acids is 1. The number of hydrogen-bond acceptors (Lipinski definition) is 2. The van der Waals surface area contributed by atoms with Crippen molar-refractivity contribution in [2.24, 2.45) is 0 Å². The predicted octanol–water partition coefficient (Wildman–Crippen LogP) is -1.09. The maximum atomic E-state index is 10.5. The first-order chi connectivity index (χ1) is 3.72. The van der Waals surface area contributed by atoms with Gasteiger partial charge in [0.25, 0.3) is 5.97 Å². The zero-order valence-corrected chi connectivity index (χ0v) is 5.60. The van der Waals surface area contributed by atoms with Gasteiger partial charge >= 0.3 is 8.05 Å². The molecule has 0 saturated carbocycles. The van der Waals surface area contributed by atoms with E-state index in [1.165, 1.54) is 8.05 Å². The number of hydrogen-bond donors (Lipinski definition) is 0. The van der Waals surface area contributed by atoms with Crippen molar-refractivity contribution >= 4 is 21.9 Å². The van der Waals surface area contributed by atoms with Crippen molar-refractivity contribution in [3.05, 3.63) is 0 Å². The van der Waals surface area contributed by atoms with E-state index >= 15 is 0 Å². The Morgan fingerprint density at radius 1 is 1.88 bits per heavy atom. The fourth-order valence-corrected chi connectivity index (χ4v) is 0.368. The summed E-state index contributed by atoms with van der Waals surface area (Å²) in [6.07, 6.45) is 0.854. The van der Waals surface area contributed by atoms with Gasteiger partial charge in [0, 0.05) is 5.82 Å². The quantitative estimate of drug-likeness (QED) is 0.424. The van der Waals surface area contributed by atoms with E-state index in [2.05, 4.69) is 4.65 Å². The first kappa shape index (κ1) is 7.60. The highest BCUT2D eigenvalue weighted by Gasteiger charge is 2.07. The molecule has 0 rings (SSSR count). The molecule has 0 aliphatic heterocycles. The fraction of sp³-hybridized carbons (Fsp3) is 0.750. The van der Waals surface area contributed by atoms with Gasteiger partial charge in [-0.3, -0.25) is 4.79 Å². The van der Waals surface area contributed by atoms with Crippen LogP contribution in [0.1, 0.15) is 13.3 Å². The van der Waals surface area contributed by atoms with Crippen LogP contribution in [0.25, 0.3) is 0 Å². The molecule has 0 aromatic heterocycles. The third-order valence-electron chi connectivity index (χ3n) is 1.22. The smallest absolute Gasteiger partial charge is 0.325 e. The van der Waals surface area contributed by atoms with Crippen molar-refractivity contribution in [3.63, 3.8) is 0 Å². The summed E-state index contributed by atoms with van der Waals surface area (Å²) in [5.41, 5.74) is 0. The minimum absolute atomic E-state index is 0.0556. The number of carbonyl (C=O) groups is 1. The van der Waals surface area contributed by atoms with Crippen LogP contribution in [0.3, 0.4) is 0 Å². The average molecular weight is 112 g/mol. The van der Waals surface area contributed by atoms with Gasteiger partial charge in [0.2, 0.25) is 0 Å². The molecule has 0 aliphatic carbocycles. The second kappa shape index (κ2) is 3.58. The first-order valence-electron chi connectivity index (χ1n) is 2.80. The SMILES string of the molecule is BOC(=O)[C@H](B)CC. The van der Waals surface area contributed by atoms with Crippen molar-refractivity contribution in [2.45, 2.75) is 19.2 Å². The van der Waals surface area contributed by atoms with Gasteiger partial charge in [0.05, 0.1) is 0 Å². The second-order valence-electron chi connectivity index (χ2n) is 1.83. The molecule has 0 aromatic carbocycles. The molecule has 1 atom stereocenters. The molecule has 0 heterocycles. The lowest BCUT2D eigenvalue weighted by atomic mass is 9.85. The van der Waals surface area contributed by atoms with E-state index in [1.54, 1.807) is 0 Å². The summed E-state index contributed by atoms with van der Waals surface area (Å²) in [5, 5.41) is 0. The van der Waals surface area contributed by atoms with Crippen molar-refractivity contribution in [1.82, 2.24) is 0 Å². The molecule has 0 fully saturated rings. The Balaban J connectivity index is 3.46. The van der Waals surface area contributed by atoms with Crippen LogP contribution in [0.5, 0.6) is 0 Å². The summed E-state index contributed by atoms with van der Waals surface area (Å²) in [6.45, 7) is 1.96. The van der Waals surface area contributed by atoms with Crippen molar-refractivity contribution in [3.8, 4) is 0 Å². The van der Waals surface area contributed by atoms with Crippen LogP contribution in [-0.4, -0.2) is 21.9 Å². The Morgan fingerprint density at radius 2 is 2.38 bits per heavy atom. The summed E-state index contributed by atoms with van der Waals surface area (Å²) in [4.78, 5) is 10.5.